The fourth-order valence-electron chi connectivity index (χ4n) is 3.19. The smallest absolute Gasteiger partial charge is 0.321 e. The number of benzene rings is 2. The summed E-state index contributed by atoms with van der Waals surface area (Å²) >= 11 is 0. The van der Waals surface area contributed by atoms with Crippen molar-refractivity contribution >= 4 is 17.6 Å². The summed E-state index contributed by atoms with van der Waals surface area (Å²) in [5, 5.41) is 11.0. The quantitative estimate of drug-likeness (QED) is 0.208. The van der Waals surface area contributed by atoms with Crippen molar-refractivity contribution in [1.82, 2.24) is 0 Å². The van der Waals surface area contributed by atoms with Gasteiger partial charge in [-0.25, -0.2) is 0 Å². The van der Waals surface area contributed by atoms with Gasteiger partial charge in [-0.15, -0.1) is 0 Å². The van der Waals surface area contributed by atoms with E-state index < -0.39 is 35.0 Å². The maximum absolute atomic E-state index is 12.4. The summed E-state index contributed by atoms with van der Waals surface area (Å²) in [6.45, 7) is 0. The Morgan fingerprint density at radius 1 is 1.09 bits per heavy atom. The largest absolute Gasteiger partial charge is 0.468 e. The van der Waals surface area contributed by atoms with Crippen LogP contribution in [0.1, 0.15) is 11.1 Å². The minimum atomic E-state index is -1.45. The van der Waals surface area contributed by atoms with E-state index in [1.165, 1.54) is 24.5 Å². The van der Waals surface area contributed by atoms with Crippen LogP contribution < -0.4 is 0 Å². The molecule has 2 aromatic carbocycles. The minimum absolute atomic E-state index is 0.140. The van der Waals surface area contributed by atoms with Crippen LogP contribution in [0.5, 0.6) is 0 Å². The van der Waals surface area contributed by atoms with Gasteiger partial charge in [0.2, 0.25) is 6.29 Å². The lowest BCUT2D eigenvalue weighted by atomic mass is 9.90. The predicted octanol–water partition coefficient (Wildman–Crippen LogP) is 2.98. The maximum Gasteiger partial charge on any atom is 0.321 e. The highest BCUT2D eigenvalue weighted by molar-refractivity contribution is 5.96. The lowest BCUT2D eigenvalue weighted by Gasteiger charge is -2.20. The SMILES string of the molecule is COC(=O)C(C(=O)OC)C(C#Cc1cccc([N+](=O)[O-])c1)C1=COC(Cc2ccccc2)O1. The second kappa shape index (κ2) is 10.8. The Kier molecular flexibility index (Phi) is 7.65. The molecule has 0 spiro atoms. The third kappa shape index (κ3) is 5.89. The van der Waals surface area contributed by atoms with Crippen LogP contribution in [0, 0.1) is 33.8 Å². The average Bonchev–Trinajstić information content (AvgIpc) is 3.29. The molecule has 1 aliphatic rings. The molecule has 1 aliphatic heterocycles. The van der Waals surface area contributed by atoms with Crippen molar-refractivity contribution < 1.29 is 33.5 Å². The van der Waals surface area contributed by atoms with E-state index in [0.29, 0.717) is 12.0 Å². The van der Waals surface area contributed by atoms with Crippen molar-refractivity contribution in [2.45, 2.75) is 12.7 Å². The van der Waals surface area contributed by atoms with Crippen LogP contribution in [0.3, 0.4) is 0 Å². The zero-order valence-corrected chi connectivity index (χ0v) is 17.9. The number of carbonyl (C=O) groups is 2. The molecule has 33 heavy (non-hydrogen) atoms. The molecule has 0 bridgehead atoms. The van der Waals surface area contributed by atoms with E-state index in [2.05, 4.69) is 11.8 Å². The van der Waals surface area contributed by atoms with Crippen molar-refractivity contribution in [2.75, 3.05) is 14.2 Å². The molecule has 0 aromatic heterocycles. The maximum atomic E-state index is 12.4. The number of nitro benzene ring substituents is 1. The molecule has 0 fully saturated rings. The van der Waals surface area contributed by atoms with E-state index in [0.717, 1.165) is 19.8 Å². The zero-order valence-electron chi connectivity index (χ0n) is 17.9. The number of hydrogen-bond donors (Lipinski definition) is 0. The Balaban J connectivity index is 1.91. The van der Waals surface area contributed by atoms with Crippen LogP contribution >= 0.6 is 0 Å². The second-order valence-corrected chi connectivity index (χ2v) is 6.97. The summed E-state index contributed by atoms with van der Waals surface area (Å²) in [6.07, 6.45) is 1.05. The normalized spacial score (nSPS) is 15.2. The molecule has 9 heteroatoms. The van der Waals surface area contributed by atoms with Crippen molar-refractivity contribution in [3.63, 3.8) is 0 Å². The fourth-order valence-corrected chi connectivity index (χ4v) is 3.19. The minimum Gasteiger partial charge on any atom is -0.468 e. The molecule has 9 nitrogen and oxygen atoms in total. The van der Waals surface area contributed by atoms with Crippen molar-refractivity contribution in [1.29, 1.82) is 0 Å². The van der Waals surface area contributed by atoms with Gasteiger partial charge in [0.15, 0.2) is 11.7 Å². The number of hydrogen-bond acceptors (Lipinski definition) is 8. The van der Waals surface area contributed by atoms with Gasteiger partial charge in [0.05, 0.1) is 19.1 Å². The van der Waals surface area contributed by atoms with Gasteiger partial charge in [0.1, 0.15) is 12.2 Å². The molecule has 3 rings (SSSR count). The van der Waals surface area contributed by atoms with Crippen LogP contribution in [-0.4, -0.2) is 37.4 Å². The highest BCUT2D eigenvalue weighted by Gasteiger charge is 2.41. The van der Waals surface area contributed by atoms with Gasteiger partial charge in [-0.2, -0.15) is 0 Å². The topological polar surface area (TPSA) is 114 Å². The summed E-state index contributed by atoms with van der Waals surface area (Å²) in [4.78, 5) is 35.4. The molecule has 0 N–H and O–H groups in total. The van der Waals surface area contributed by atoms with Crippen LogP contribution in [-0.2, 0) is 35.0 Å². The molecule has 170 valence electrons. The van der Waals surface area contributed by atoms with Gasteiger partial charge in [-0.1, -0.05) is 48.2 Å². The number of allylic oxidation sites excluding steroid dienone is 1. The molecule has 0 aliphatic carbocycles. The van der Waals surface area contributed by atoms with E-state index in [1.54, 1.807) is 6.07 Å². The Hall–Kier alpha value is -4.32. The van der Waals surface area contributed by atoms with E-state index in [9.17, 15) is 19.7 Å². The summed E-state index contributed by atoms with van der Waals surface area (Å²) in [7, 11) is 2.28. The zero-order chi connectivity index (χ0) is 23.8. The Labute approximate surface area is 190 Å². The Morgan fingerprint density at radius 2 is 1.79 bits per heavy atom. The molecule has 1 heterocycles. The first kappa shape index (κ1) is 23.3. The third-order valence-corrected chi connectivity index (χ3v) is 4.83. The predicted molar refractivity (Wildman–Crippen MR) is 115 cm³/mol. The number of carbonyl (C=O) groups excluding carboxylic acids is 2. The summed E-state index contributed by atoms with van der Waals surface area (Å²) in [6, 6.07) is 15.2. The number of esters is 2. The number of nitrogens with zero attached hydrogens (tertiary/aromatic N) is 1. The van der Waals surface area contributed by atoms with E-state index in [-0.39, 0.29) is 11.4 Å². The lowest BCUT2D eigenvalue weighted by molar-refractivity contribution is -0.384. The van der Waals surface area contributed by atoms with Crippen LogP contribution in [0.4, 0.5) is 5.69 Å². The number of methoxy groups -OCH3 is 2. The van der Waals surface area contributed by atoms with Crippen molar-refractivity contribution in [2.24, 2.45) is 11.8 Å². The molecule has 2 unspecified atom stereocenters. The molecule has 0 saturated carbocycles. The summed E-state index contributed by atoms with van der Waals surface area (Å²) < 4.78 is 21.0. The van der Waals surface area contributed by atoms with Gasteiger partial charge in [0.25, 0.3) is 5.69 Å². The van der Waals surface area contributed by atoms with Gasteiger partial charge >= 0.3 is 11.9 Å². The van der Waals surface area contributed by atoms with Crippen LogP contribution in [0.2, 0.25) is 0 Å². The second-order valence-electron chi connectivity index (χ2n) is 6.97. The van der Waals surface area contributed by atoms with Crippen LogP contribution in [0.25, 0.3) is 0 Å². The fraction of sp³-hybridized carbons (Fsp3) is 0.250. The molecule has 0 saturated heterocycles. The average molecular weight is 451 g/mol. The monoisotopic (exact) mass is 451 g/mol. The third-order valence-electron chi connectivity index (χ3n) is 4.83. The molecular weight excluding hydrogens is 430 g/mol. The van der Waals surface area contributed by atoms with Gasteiger partial charge in [-0.3, -0.25) is 19.7 Å². The number of ether oxygens (including phenoxy) is 4. The molecule has 2 aromatic rings. The van der Waals surface area contributed by atoms with Crippen LogP contribution in [0.15, 0.2) is 66.6 Å². The summed E-state index contributed by atoms with van der Waals surface area (Å²) in [5.74, 6) is 1.45. The first-order chi connectivity index (χ1) is 15.9. The van der Waals surface area contributed by atoms with E-state index in [4.69, 9.17) is 18.9 Å². The molecule has 0 amide bonds. The van der Waals surface area contributed by atoms with Gasteiger partial charge < -0.3 is 18.9 Å². The highest BCUT2D eigenvalue weighted by atomic mass is 16.7. The van der Waals surface area contributed by atoms with Gasteiger partial charge in [-0.05, 0) is 11.6 Å². The van der Waals surface area contributed by atoms with E-state index >= 15 is 0 Å². The number of non-ortho nitro benzene ring substituents is 1. The highest BCUT2D eigenvalue weighted by Crippen LogP contribution is 2.30. The van der Waals surface area contributed by atoms with E-state index in [1.807, 2.05) is 30.3 Å². The molecule has 2 atom stereocenters. The lowest BCUT2D eigenvalue weighted by Crippen LogP contribution is -2.34. The number of nitro groups is 1. The Bertz CT molecular complexity index is 1100. The number of rotatable bonds is 7. The first-order valence-electron chi connectivity index (χ1n) is 9.90. The Morgan fingerprint density at radius 3 is 2.42 bits per heavy atom. The van der Waals surface area contributed by atoms with Crippen molar-refractivity contribution in [3.05, 3.63) is 87.9 Å². The standard InChI is InChI=1S/C24H21NO8/c1-30-23(26)22(24(27)31-2)19(12-11-17-9-6-10-18(13-17)25(28)29)20-15-32-21(33-20)14-16-7-4-3-5-8-16/h3-10,13,15,19,21-22H,14H2,1-2H3. The molecular formula is C24H21NO8. The summed E-state index contributed by atoms with van der Waals surface area (Å²) in [5.41, 5.74) is 1.15. The van der Waals surface area contributed by atoms with Crippen molar-refractivity contribution in [3.8, 4) is 11.8 Å². The first-order valence-corrected chi connectivity index (χ1v) is 9.90. The van der Waals surface area contributed by atoms with Gasteiger partial charge in [0, 0.05) is 24.1 Å². The molecule has 0 radical (unpaired) electrons.